The molecule has 19 heavy (non-hydrogen) atoms. The van der Waals surface area contributed by atoms with Crippen molar-refractivity contribution in [1.29, 1.82) is 5.26 Å². The fourth-order valence-electron chi connectivity index (χ4n) is 2.75. The number of nitrogens with zero attached hydrogens (tertiary/aromatic N) is 3. The van der Waals surface area contributed by atoms with Crippen molar-refractivity contribution < 1.29 is 0 Å². The number of anilines is 1. The van der Waals surface area contributed by atoms with Crippen molar-refractivity contribution in [3.05, 3.63) is 47.3 Å². The highest BCUT2D eigenvalue weighted by Gasteiger charge is 2.23. The largest absolute Gasteiger partial charge is 0.377 e. The summed E-state index contributed by atoms with van der Waals surface area (Å²) < 4.78 is 1.96. The van der Waals surface area contributed by atoms with Crippen LogP contribution in [0.15, 0.2) is 30.5 Å². The van der Waals surface area contributed by atoms with Crippen LogP contribution in [0.25, 0.3) is 0 Å². The number of para-hydroxylation sites is 1. The molecule has 1 unspecified atom stereocenters. The zero-order valence-corrected chi connectivity index (χ0v) is 10.9. The third-order valence-electron chi connectivity index (χ3n) is 3.75. The molecule has 3 rings (SSSR count). The molecule has 4 heteroatoms. The summed E-state index contributed by atoms with van der Waals surface area (Å²) in [5, 5.41) is 17.0. The summed E-state index contributed by atoms with van der Waals surface area (Å²) in [5.74, 6) is 0. The van der Waals surface area contributed by atoms with Gasteiger partial charge in [0.25, 0.3) is 0 Å². The Kier molecular flexibility index (Phi) is 2.96. The van der Waals surface area contributed by atoms with E-state index in [9.17, 15) is 0 Å². The first-order valence-electron chi connectivity index (χ1n) is 6.56. The molecule has 0 saturated carbocycles. The summed E-state index contributed by atoms with van der Waals surface area (Å²) in [7, 11) is 1.99. The van der Waals surface area contributed by atoms with Gasteiger partial charge in [-0.05, 0) is 31.4 Å². The SMILES string of the molecule is Cn1ncc2c1CCCC2Nc1ccccc1C#N. The van der Waals surface area contributed by atoms with Gasteiger partial charge in [0.05, 0.1) is 23.5 Å². The highest BCUT2D eigenvalue weighted by molar-refractivity contribution is 5.58. The zero-order valence-electron chi connectivity index (χ0n) is 10.9. The molecule has 0 radical (unpaired) electrons. The van der Waals surface area contributed by atoms with E-state index in [4.69, 9.17) is 5.26 Å². The average Bonchev–Trinajstić information content (AvgIpc) is 2.82. The zero-order chi connectivity index (χ0) is 13.2. The van der Waals surface area contributed by atoms with Crippen molar-refractivity contribution in [1.82, 2.24) is 9.78 Å². The van der Waals surface area contributed by atoms with E-state index >= 15 is 0 Å². The lowest BCUT2D eigenvalue weighted by molar-refractivity contribution is 0.571. The lowest BCUT2D eigenvalue weighted by atomic mass is 9.92. The topological polar surface area (TPSA) is 53.6 Å². The van der Waals surface area contributed by atoms with Gasteiger partial charge < -0.3 is 5.32 Å². The van der Waals surface area contributed by atoms with Gasteiger partial charge in [0.15, 0.2) is 0 Å². The highest BCUT2D eigenvalue weighted by atomic mass is 15.3. The monoisotopic (exact) mass is 252 g/mol. The van der Waals surface area contributed by atoms with Crippen molar-refractivity contribution in [3.63, 3.8) is 0 Å². The molecule has 1 atom stereocenters. The number of rotatable bonds is 2. The Morgan fingerprint density at radius 2 is 2.26 bits per heavy atom. The van der Waals surface area contributed by atoms with E-state index in [1.54, 1.807) is 0 Å². The molecule has 0 spiro atoms. The van der Waals surface area contributed by atoms with E-state index < -0.39 is 0 Å². The maximum atomic E-state index is 9.14. The second kappa shape index (κ2) is 4.77. The van der Waals surface area contributed by atoms with Crippen LogP contribution in [0.4, 0.5) is 5.69 Å². The molecule has 0 saturated heterocycles. The Balaban J connectivity index is 1.91. The molecule has 4 nitrogen and oxygen atoms in total. The van der Waals surface area contributed by atoms with E-state index in [-0.39, 0.29) is 6.04 Å². The molecule has 2 aromatic rings. The Bertz CT molecular complexity index is 636. The first kappa shape index (κ1) is 11.8. The molecule has 1 aliphatic carbocycles. The number of fused-ring (bicyclic) bond motifs is 1. The molecule has 1 aromatic carbocycles. The first-order valence-corrected chi connectivity index (χ1v) is 6.56. The van der Waals surface area contributed by atoms with E-state index in [1.165, 1.54) is 11.3 Å². The molecule has 1 aliphatic rings. The fourth-order valence-corrected chi connectivity index (χ4v) is 2.75. The lowest BCUT2D eigenvalue weighted by Crippen LogP contribution is -2.18. The van der Waals surface area contributed by atoms with Crippen LogP contribution in [-0.4, -0.2) is 9.78 Å². The molecule has 1 aromatic heterocycles. The Morgan fingerprint density at radius 3 is 3.11 bits per heavy atom. The summed E-state index contributed by atoms with van der Waals surface area (Å²) in [6.45, 7) is 0. The van der Waals surface area contributed by atoms with Crippen molar-refractivity contribution in [2.24, 2.45) is 7.05 Å². The molecule has 96 valence electrons. The summed E-state index contributed by atoms with van der Waals surface area (Å²) in [6.07, 6.45) is 5.27. The number of nitrogens with one attached hydrogen (secondary N) is 1. The van der Waals surface area contributed by atoms with Crippen LogP contribution in [0.3, 0.4) is 0 Å². The van der Waals surface area contributed by atoms with Crippen LogP contribution in [0.5, 0.6) is 0 Å². The van der Waals surface area contributed by atoms with Crippen molar-refractivity contribution in [2.45, 2.75) is 25.3 Å². The quantitative estimate of drug-likeness (QED) is 0.894. The van der Waals surface area contributed by atoms with Crippen LogP contribution in [-0.2, 0) is 13.5 Å². The third kappa shape index (κ3) is 2.08. The van der Waals surface area contributed by atoms with Gasteiger partial charge in [-0.25, -0.2) is 0 Å². The van der Waals surface area contributed by atoms with Crippen LogP contribution < -0.4 is 5.32 Å². The number of benzene rings is 1. The average molecular weight is 252 g/mol. The summed E-state index contributed by atoms with van der Waals surface area (Å²) >= 11 is 0. The maximum absolute atomic E-state index is 9.14. The van der Waals surface area contributed by atoms with Gasteiger partial charge in [0.1, 0.15) is 6.07 Å². The molecular formula is C15H16N4. The number of hydrogen-bond donors (Lipinski definition) is 1. The Morgan fingerprint density at radius 1 is 1.42 bits per heavy atom. The Hall–Kier alpha value is -2.28. The minimum Gasteiger partial charge on any atom is -0.377 e. The van der Waals surface area contributed by atoms with E-state index in [1.807, 2.05) is 42.2 Å². The van der Waals surface area contributed by atoms with Crippen molar-refractivity contribution in [2.75, 3.05) is 5.32 Å². The molecule has 0 fully saturated rings. The van der Waals surface area contributed by atoms with Gasteiger partial charge >= 0.3 is 0 Å². The number of nitriles is 1. The minimum atomic E-state index is 0.256. The van der Waals surface area contributed by atoms with Gasteiger partial charge in [-0.15, -0.1) is 0 Å². The second-order valence-electron chi connectivity index (χ2n) is 4.92. The van der Waals surface area contributed by atoms with Crippen LogP contribution in [0.2, 0.25) is 0 Å². The van der Waals surface area contributed by atoms with Gasteiger partial charge in [-0.1, -0.05) is 12.1 Å². The first-order chi connectivity index (χ1) is 9.29. The van der Waals surface area contributed by atoms with Gasteiger partial charge in [0.2, 0.25) is 0 Å². The predicted octanol–water partition coefficient (Wildman–Crippen LogP) is 2.78. The number of aryl methyl sites for hydroxylation is 1. The summed E-state index contributed by atoms with van der Waals surface area (Å²) in [6, 6.07) is 10.1. The van der Waals surface area contributed by atoms with Crippen LogP contribution in [0, 0.1) is 11.3 Å². The molecule has 0 aliphatic heterocycles. The fraction of sp³-hybridized carbons (Fsp3) is 0.333. The smallest absolute Gasteiger partial charge is 0.101 e. The molecule has 1 heterocycles. The van der Waals surface area contributed by atoms with Gasteiger partial charge in [-0.2, -0.15) is 10.4 Å². The standard InChI is InChI=1S/C15H16N4/c1-19-15-8-4-7-14(12(15)10-17-19)18-13-6-3-2-5-11(13)9-16/h2-3,5-6,10,14,18H,4,7-8H2,1H3. The lowest BCUT2D eigenvalue weighted by Gasteiger charge is -2.25. The highest BCUT2D eigenvalue weighted by Crippen LogP contribution is 2.32. The van der Waals surface area contributed by atoms with Gasteiger partial charge in [0, 0.05) is 18.3 Å². The molecule has 0 amide bonds. The summed E-state index contributed by atoms with van der Waals surface area (Å²) in [5.41, 5.74) is 4.17. The van der Waals surface area contributed by atoms with Crippen LogP contribution >= 0.6 is 0 Å². The van der Waals surface area contributed by atoms with E-state index in [0.29, 0.717) is 5.56 Å². The van der Waals surface area contributed by atoms with E-state index in [0.717, 1.165) is 24.9 Å². The molecular weight excluding hydrogens is 236 g/mol. The molecule has 1 N–H and O–H groups in total. The Labute approximate surface area is 112 Å². The maximum Gasteiger partial charge on any atom is 0.101 e. The second-order valence-corrected chi connectivity index (χ2v) is 4.92. The number of hydrogen-bond acceptors (Lipinski definition) is 3. The third-order valence-corrected chi connectivity index (χ3v) is 3.75. The predicted molar refractivity (Wildman–Crippen MR) is 73.7 cm³/mol. The van der Waals surface area contributed by atoms with Gasteiger partial charge in [-0.3, -0.25) is 4.68 Å². The normalized spacial score (nSPS) is 17.6. The number of aromatic nitrogens is 2. The molecule has 0 bridgehead atoms. The summed E-state index contributed by atoms with van der Waals surface area (Å²) in [4.78, 5) is 0. The van der Waals surface area contributed by atoms with Crippen molar-refractivity contribution in [3.8, 4) is 6.07 Å². The van der Waals surface area contributed by atoms with E-state index in [2.05, 4.69) is 16.5 Å². The van der Waals surface area contributed by atoms with Crippen molar-refractivity contribution >= 4 is 5.69 Å². The minimum absolute atomic E-state index is 0.256. The van der Waals surface area contributed by atoms with Crippen LogP contribution in [0.1, 0.15) is 35.7 Å².